The van der Waals surface area contributed by atoms with Crippen LogP contribution < -0.4 is 5.32 Å². The van der Waals surface area contributed by atoms with Crippen LogP contribution in [0.15, 0.2) is 18.2 Å². The zero-order valence-electron chi connectivity index (χ0n) is 9.63. The average Bonchev–Trinajstić information content (AvgIpc) is 2.30. The van der Waals surface area contributed by atoms with Crippen LogP contribution in [-0.2, 0) is 10.5 Å². The monoisotopic (exact) mass is 291 g/mol. The molecule has 1 amide bonds. The number of amides is 1. The Balaban J connectivity index is 2.24. The highest BCUT2D eigenvalue weighted by Gasteiger charge is 2.01. The molecule has 17 heavy (non-hydrogen) atoms. The lowest BCUT2D eigenvalue weighted by molar-refractivity contribution is -0.120. The fraction of sp³-hybridized carbons (Fsp3) is 0.417. The van der Waals surface area contributed by atoms with Crippen molar-refractivity contribution in [2.24, 2.45) is 0 Å². The third-order valence-electron chi connectivity index (χ3n) is 2.16. The number of benzene rings is 1. The summed E-state index contributed by atoms with van der Waals surface area (Å²) >= 11 is 13.6. The summed E-state index contributed by atoms with van der Waals surface area (Å²) in [6.45, 7) is 2.54. The topological polar surface area (TPSA) is 29.1 Å². The van der Waals surface area contributed by atoms with Gasteiger partial charge in [0.25, 0.3) is 0 Å². The first kappa shape index (κ1) is 14.7. The number of carbonyl (C=O) groups is 1. The minimum atomic E-state index is 0.0927. The van der Waals surface area contributed by atoms with Gasteiger partial charge in [-0.2, -0.15) is 11.8 Å². The molecule has 0 aliphatic heterocycles. The molecule has 1 aromatic carbocycles. The van der Waals surface area contributed by atoms with Crippen LogP contribution in [-0.4, -0.2) is 18.2 Å². The molecule has 0 aliphatic carbocycles. The third-order valence-corrected chi connectivity index (χ3v) is 3.76. The summed E-state index contributed by atoms with van der Waals surface area (Å²) in [4.78, 5) is 11.0. The molecule has 0 saturated carbocycles. The van der Waals surface area contributed by atoms with Crippen molar-refractivity contribution in [3.63, 3.8) is 0 Å². The van der Waals surface area contributed by atoms with E-state index in [1.165, 1.54) is 0 Å². The van der Waals surface area contributed by atoms with Crippen molar-refractivity contribution in [2.75, 3.05) is 12.3 Å². The van der Waals surface area contributed by atoms with E-state index in [0.29, 0.717) is 23.0 Å². The van der Waals surface area contributed by atoms with E-state index in [1.807, 2.05) is 19.1 Å². The Hall–Kier alpha value is -0.380. The number of halogens is 2. The second-order valence-electron chi connectivity index (χ2n) is 3.49. The van der Waals surface area contributed by atoms with Crippen LogP contribution in [0.25, 0.3) is 0 Å². The molecule has 0 saturated heterocycles. The normalized spacial score (nSPS) is 10.3. The fourth-order valence-corrected chi connectivity index (χ4v) is 2.63. The maximum Gasteiger partial charge on any atom is 0.219 e. The van der Waals surface area contributed by atoms with E-state index in [2.05, 4.69) is 5.32 Å². The number of carbonyl (C=O) groups excluding carboxylic acids is 1. The Morgan fingerprint density at radius 3 is 2.82 bits per heavy atom. The number of hydrogen-bond acceptors (Lipinski definition) is 2. The standard InChI is InChI=1S/C12H15Cl2NOS/c1-2-12(16)15-5-6-17-8-9-3-4-10(13)7-11(9)14/h3-4,7H,2,5-6,8H2,1H3,(H,15,16). The van der Waals surface area contributed by atoms with E-state index in [-0.39, 0.29) is 5.91 Å². The van der Waals surface area contributed by atoms with Crippen molar-refractivity contribution in [3.8, 4) is 0 Å². The maximum absolute atomic E-state index is 11.0. The van der Waals surface area contributed by atoms with Gasteiger partial charge in [0.05, 0.1) is 0 Å². The van der Waals surface area contributed by atoms with Gasteiger partial charge in [-0.25, -0.2) is 0 Å². The minimum absolute atomic E-state index is 0.0927. The summed E-state index contributed by atoms with van der Waals surface area (Å²) in [6, 6.07) is 5.52. The molecule has 0 bridgehead atoms. The largest absolute Gasteiger partial charge is 0.355 e. The molecule has 0 aromatic heterocycles. The Bertz CT molecular complexity index is 385. The molecule has 0 heterocycles. The molecule has 1 aromatic rings. The predicted octanol–water partition coefficient (Wildman–Crippen LogP) is 3.75. The summed E-state index contributed by atoms with van der Waals surface area (Å²) in [5.41, 5.74) is 1.07. The molecule has 0 unspecified atom stereocenters. The zero-order valence-corrected chi connectivity index (χ0v) is 12.0. The van der Waals surface area contributed by atoms with E-state index in [9.17, 15) is 4.79 Å². The molecule has 0 radical (unpaired) electrons. The molecule has 0 spiro atoms. The second kappa shape index (κ2) is 7.85. The maximum atomic E-state index is 11.0. The molecule has 94 valence electrons. The predicted molar refractivity (Wildman–Crippen MR) is 75.9 cm³/mol. The van der Waals surface area contributed by atoms with Crippen LogP contribution in [0.3, 0.4) is 0 Å². The van der Waals surface area contributed by atoms with Crippen molar-refractivity contribution in [1.29, 1.82) is 0 Å². The lowest BCUT2D eigenvalue weighted by Gasteiger charge is -2.05. The number of nitrogens with one attached hydrogen (secondary N) is 1. The number of thioether (sulfide) groups is 1. The summed E-state index contributed by atoms with van der Waals surface area (Å²) in [7, 11) is 0. The Morgan fingerprint density at radius 2 is 2.18 bits per heavy atom. The minimum Gasteiger partial charge on any atom is -0.355 e. The van der Waals surface area contributed by atoms with E-state index < -0.39 is 0 Å². The van der Waals surface area contributed by atoms with Crippen LogP contribution in [0.5, 0.6) is 0 Å². The molecular weight excluding hydrogens is 277 g/mol. The highest BCUT2D eigenvalue weighted by atomic mass is 35.5. The van der Waals surface area contributed by atoms with Gasteiger partial charge in [0, 0.05) is 34.5 Å². The summed E-state index contributed by atoms with van der Waals surface area (Å²) in [6.07, 6.45) is 0.535. The van der Waals surface area contributed by atoms with Gasteiger partial charge in [0.1, 0.15) is 0 Å². The highest BCUT2D eigenvalue weighted by Crippen LogP contribution is 2.24. The van der Waals surface area contributed by atoms with Gasteiger partial charge in [-0.1, -0.05) is 36.2 Å². The molecule has 1 N–H and O–H groups in total. The van der Waals surface area contributed by atoms with E-state index >= 15 is 0 Å². The van der Waals surface area contributed by atoms with E-state index in [1.54, 1.807) is 17.8 Å². The van der Waals surface area contributed by atoms with E-state index in [4.69, 9.17) is 23.2 Å². The summed E-state index contributed by atoms with van der Waals surface area (Å²) < 4.78 is 0. The molecule has 1 rings (SSSR count). The second-order valence-corrected chi connectivity index (χ2v) is 5.44. The van der Waals surface area contributed by atoms with Crippen LogP contribution in [0.2, 0.25) is 10.0 Å². The van der Waals surface area contributed by atoms with Crippen molar-refractivity contribution in [1.82, 2.24) is 5.32 Å². The van der Waals surface area contributed by atoms with Gasteiger partial charge in [0.2, 0.25) is 5.91 Å². The van der Waals surface area contributed by atoms with Crippen LogP contribution in [0.1, 0.15) is 18.9 Å². The van der Waals surface area contributed by atoms with Gasteiger partial charge >= 0.3 is 0 Å². The number of hydrogen-bond donors (Lipinski definition) is 1. The van der Waals surface area contributed by atoms with Crippen LogP contribution in [0, 0.1) is 0 Å². The van der Waals surface area contributed by atoms with Gasteiger partial charge in [-0.05, 0) is 17.7 Å². The molecule has 0 atom stereocenters. The lowest BCUT2D eigenvalue weighted by atomic mass is 10.2. The van der Waals surface area contributed by atoms with Crippen LogP contribution in [0.4, 0.5) is 0 Å². The fourth-order valence-electron chi connectivity index (χ4n) is 1.21. The van der Waals surface area contributed by atoms with Crippen molar-refractivity contribution < 1.29 is 4.79 Å². The third kappa shape index (κ3) is 5.66. The van der Waals surface area contributed by atoms with E-state index in [0.717, 1.165) is 17.1 Å². The van der Waals surface area contributed by atoms with Crippen LogP contribution >= 0.6 is 35.0 Å². The average molecular weight is 292 g/mol. The first-order chi connectivity index (χ1) is 8.13. The summed E-state index contributed by atoms with van der Waals surface area (Å²) in [5, 5.41) is 4.18. The van der Waals surface area contributed by atoms with Gasteiger partial charge in [-0.3, -0.25) is 4.79 Å². The molecule has 0 aliphatic rings. The van der Waals surface area contributed by atoms with Crippen molar-refractivity contribution in [2.45, 2.75) is 19.1 Å². The summed E-state index contributed by atoms with van der Waals surface area (Å²) in [5.74, 6) is 1.80. The Kier molecular flexibility index (Phi) is 6.78. The lowest BCUT2D eigenvalue weighted by Crippen LogP contribution is -2.24. The Morgan fingerprint density at radius 1 is 1.41 bits per heavy atom. The molecule has 0 fully saturated rings. The SMILES string of the molecule is CCC(=O)NCCSCc1ccc(Cl)cc1Cl. The smallest absolute Gasteiger partial charge is 0.219 e. The highest BCUT2D eigenvalue weighted by molar-refractivity contribution is 7.98. The van der Waals surface area contributed by atoms with Gasteiger partial charge in [0.15, 0.2) is 0 Å². The van der Waals surface area contributed by atoms with Gasteiger partial charge < -0.3 is 5.32 Å². The zero-order chi connectivity index (χ0) is 12.7. The van der Waals surface area contributed by atoms with Crippen molar-refractivity contribution in [3.05, 3.63) is 33.8 Å². The molecule has 5 heteroatoms. The molecular formula is C12H15Cl2NOS. The Labute approximate surface area is 116 Å². The first-order valence-electron chi connectivity index (χ1n) is 5.42. The van der Waals surface area contributed by atoms with Crippen molar-refractivity contribution >= 4 is 40.9 Å². The first-order valence-corrected chi connectivity index (χ1v) is 7.33. The molecule has 2 nitrogen and oxygen atoms in total. The number of rotatable bonds is 6. The quantitative estimate of drug-likeness (QED) is 0.809. The van der Waals surface area contributed by atoms with Gasteiger partial charge in [-0.15, -0.1) is 0 Å².